The lowest BCUT2D eigenvalue weighted by molar-refractivity contribution is 0.332. The van der Waals surface area contributed by atoms with Gasteiger partial charge in [0.25, 0.3) is 0 Å². The fraction of sp³-hybridized carbons (Fsp3) is 0.467. The summed E-state index contributed by atoms with van der Waals surface area (Å²) in [7, 11) is 0. The van der Waals surface area contributed by atoms with E-state index in [0.29, 0.717) is 12.0 Å². The van der Waals surface area contributed by atoms with Crippen molar-refractivity contribution in [1.29, 1.82) is 0 Å². The molecule has 0 aromatic carbocycles. The van der Waals surface area contributed by atoms with E-state index in [9.17, 15) is 0 Å². The van der Waals surface area contributed by atoms with Crippen molar-refractivity contribution < 1.29 is 0 Å². The molecule has 1 aliphatic rings. The molecule has 0 radical (unpaired) electrons. The summed E-state index contributed by atoms with van der Waals surface area (Å²) in [5.41, 5.74) is 6.93. The Morgan fingerprint density at radius 2 is 2.20 bits per heavy atom. The minimum atomic E-state index is 0.478. The molecule has 0 bridgehead atoms. The first-order chi connectivity index (χ1) is 9.86. The van der Waals surface area contributed by atoms with Crippen LogP contribution in [0, 0.1) is 5.92 Å². The van der Waals surface area contributed by atoms with Crippen LogP contribution in [0.3, 0.4) is 0 Å². The summed E-state index contributed by atoms with van der Waals surface area (Å²) >= 11 is 0. The molecule has 20 heavy (non-hydrogen) atoms. The van der Waals surface area contributed by atoms with Crippen molar-refractivity contribution in [3.63, 3.8) is 0 Å². The van der Waals surface area contributed by atoms with E-state index in [1.54, 1.807) is 10.9 Å². The molecule has 106 valence electrons. The third-order valence-electron chi connectivity index (χ3n) is 4.05. The van der Waals surface area contributed by atoms with Gasteiger partial charge in [-0.25, -0.2) is 9.67 Å². The summed E-state index contributed by atoms with van der Waals surface area (Å²) in [5.74, 6) is 1.41. The normalized spacial score (nSPS) is 22.6. The van der Waals surface area contributed by atoms with Gasteiger partial charge < -0.3 is 11.1 Å². The molecule has 1 fully saturated rings. The maximum absolute atomic E-state index is 5.87. The summed E-state index contributed by atoms with van der Waals surface area (Å²) in [4.78, 5) is 4.44. The first-order valence-corrected chi connectivity index (χ1v) is 7.29. The molecule has 0 saturated heterocycles. The SMILES string of the molecule is NCC1CCCCC1Nc1ccc(-n2cccn2)nc1. The number of nitrogens with two attached hydrogens (primary N) is 1. The average molecular weight is 271 g/mol. The van der Waals surface area contributed by atoms with Gasteiger partial charge in [0.2, 0.25) is 0 Å². The molecule has 2 unspecified atom stereocenters. The van der Waals surface area contributed by atoms with Gasteiger partial charge in [-0.3, -0.25) is 0 Å². The van der Waals surface area contributed by atoms with Crippen molar-refractivity contribution in [2.75, 3.05) is 11.9 Å². The van der Waals surface area contributed by atoms with Gasteiger partial charge in [-0.2, -0.15) is 5.10 Å². The molecule has 3 rings (SSSR count). The minimum Gasteiger partial charge on any atom is -0.381 e. The van der Waals surface area contributed by atoms with Gasteiger partial charge in [0.05, 0.1) is 11.9 Å². The molecule has 1 aliphatic carbocycles. The van der Waals surface area contributed by atoms with Crippen molar-refractivity contribution >= 4 is 5.69 Å². The number of nitrogens with zero attached hydrogens (tertiary/aromatic N) is 3. The van der Waals surface area contributed by atoms with Gasteiger partial charge in [0, 0.05) is 18.4 Å². The third-order valence-corrected chi connectivity index (χ3v) is 4.05. The highest BCUT2D eigenvalue weighted by Crippen LogP contribution is 2.26. The van der Waals surface area contributed by atoms with Crippen LogP contribution in [0.4, 0.5) is 5.69 Å². The molecule has 0 amide bonds. The number of nitrogens with one attached hydrogen (secondary N) is 1. The van der Waals surface area contributed by atoms with Gasteiger partial charge in [0.1, 0.15) is 0 Å². The summed E-state index contributed by atoms with van der Waals surface area (Å²) in [6.07, 6.45) is 10.5. The highest BCUT2D eigenvalue weighted by Gasteiger charge is 2.23. The molecule has 3 N–H and O–H groups in total. The lowest BCUT2D eigenvalue weighted by atomic mass is 9.84. The Kier molecular flexibility index (Phi) is 3.97. The molecule has 5 heteroatoms. The van der Waals surface area contributed by atoms with Crippen LogP contribution in [0.5, 0.6) is 0 Å². The monoisotopic (exact) mass is 271 g/mol. The van der Waals surface area contributed by atoms with Crippen molar-refractivity contribution in [3.8, 4) is 5.82 Å². The van der Waals surface area contributed by atoms with Crippen molar-refractivity contribution in [2.24, 2.45) is 11.7 Å². The summed E-state index contributed by atoms with van der Waals surface area (Å²) in [6, 6.07) is 6.41. The lowest BCUT2D eigenvalue weighted by Gasteiger charge is -2.32. The quantitative estimate of drug-likeness (QED) is 0.894. The fourth-order valence-electron chi connectivity index (χ4n) is 2.91. The first-order valence-electron chi connectivity index (χ1n) is 7.29. The molecule has 5 nitrogen and oxygen atoms in total. The Balaban J connectivity index is 1.68. The second kappa shape index (κ2) is 6.05. The number of hydrogen-bond donors (Lipinski definition) is 2. The van der Waals surface area contributed by atoms with Crippen LogP contribution in [-0.4, -0.2) is 27.4 Å². The van der Waals surface area contributed by atoms with E-state index in [4.69, 9.17) is 5.73 Å². The van der Waals surface area contributed by atoms with Crippen molar-refractivity contribution in [3.05, 3.63) is 36.8 Å². The fourth-order valence-corrected chi connectivity index (χ4v) is 2.91. The average Bonchev–Trinajstić information content (AvgIpc) is 3.03. The number of pyridine rings is 1. The van der Waals surface area contributed by atoms with E-state index in [1.165, 1.54) is 25.7 Å². The molecule has 0 aliphatic heterocycles. The molecule has 2 atom stereocenters. The maximum Gasteiger partial charge on any atom is 0.153 e. The van der Waals surface area contributed by atoms with Gasteiger partial charge in [0.15, 0.2) is 5.82 Å². The number of hydrogen-bond acceptors (Lipinski definition) is 4. The zero-order valence-corrected chi connectivity index (χ0v) is 11.6. The van der Waals surface area contributed by atoms with Crippen LogP contribution in [0.1, 0.15) is 25.7 Å². The Hall–Kier alpha value is -1.88. The van der Waals surface area contributed by atoms with Gasteiger partial charge in [-0.05, 0) is 43.5 Å². The van der Waals surface area contributed by atoms with E-state index in [-0.39, 0.29) is 0 Å². The number of aromatic nitrogens is 3. The van der Waals surface area contributed by atoms with E-state index in [1.807, 2.05) is 24.5 Å². The lowest BCUT2D eigenvalue weighted by Crippen LogP contribution is -2.36. The molecule has 0 spiro atoms. The molecular formula is C15H21N5. The Labute approximate surface area is 119 Å². The van der Waals surface area contributed by atoms with E-state index in [2.05, 4.69) is 21.5 Å². The number of anilines is 1. The zero-order chi connectivity index (χ0) is 13.8. The van der Waals surface area contributed by atoms with Crippen molar-refractivity contribution in [2.45, 2.75) is 31.7 Å². The second-order valence-electron chi connectivity index (χ2n) is 5.39. The standard InChI is InChI=1S/C15H21N5/c16-10-12-4-1-2-5-14(12)19-13-6-7-15(17-11-13)20-9-3-8-18-20/h3,6-9,11-12,14,19H,1-2,4-5,10,16H2. The topological polar surface area (TPSA) is 68.8 Å². The summed E-state index contributed by atoms with van der Waals surface area (Å²) in [6.45, 7) is 0.760. The molecular weight excluding hydrogens is 250 g/mol. The molecule has 2 aromatic rings. The molecule has 1 saturated carbocycles. The Bertz CT molecular complexity index is 520. The van der Waals surface area contributed by atoms with Gasteiger partial charge in [-0.15, -0.1) is 0 Å². The largest absolute Gasteiger partial charge is 0.381 e. The summed E-state index contributed by atoms with van der Waals surface area (Å²) < 4.78 is 1.76. The third kappa shape index (κ3) is 2.82. The van der Waals surface area contributed by atoms with Crippen LogP contribution >= 0.6 is 0 Å². The van der Waals surface area contributed by atoms with Crippen molar-refractivity contribution in [1.82, 2.24) is 14.8 Å². The van der Waals surface area contributed by atoms with E-state index in [0.717, 1.165) is 18.1 Å². The van der Waals surface area contributed by atoms with Gasteiger partial charge in [-0.1, -0.05) is 12.8 Å². The predicted octanol–water partition coefficient (Wildman–Crippen LogP) is 2.20. The Morgan fingerprint density at radius 1 is 1.30 bits per heavy atom. The highest BCUT2D eigenvalue weighted by atomic mass is 15.3. The first kappa shape index (κ1) is 13.1. The van der Waals surface area contributed by atoms with Gasteiger partial charge >= 0.3 is 0 Å². The van der Waals surface area contributed by atoms with E-state index >= 15 is 0 Å². The van der Waals surface area contributed by atoms with E-state index < -0.39 is 0 Å². The molecule has 2 aromatic heterocycles. The van der Waals surface area contributed by atoms with Crippen LogP contribution < -0.4 is 11.1 Å². The number of rotatable bonds is 4. The predicted molar refractivity (Wildman–Crippen MR) is 79.8 cm³/mol. The second-order valence-corrected chi connectivity index (χ2v) is 5.39. The van der Waals surface area contributed by atoms with Crippen LogP contribution in [0.15, 0.2) is 36.8 Å². The zero-order valence-electron chi connectivity index (χ0n) is 11.6. The van der Waals surface area contributed by atoms with Crippen LogP contribution in [-0.2, 0) is 0 Å². The highest BCUT2D eigenvalue weighted by molar-refractivity contribution is 5.44. The maximum atomic E-state index is 5.87. The minimum absolute atomic E-state index is 0.478. The summed E-state index contributed by atoms with van der Waals surface area (Å²) in [5, 5.41) is 7.76. The molecule has 2 heterocycles. The Morgan fingerprint density at radius 3 is 2.90 bits per heavy atom. The van der Waals surface area contributed by atoms with Crippen LogP contribution in [0.25, 0.3) is 5.82 Å². The smallest absolute Gasteiger partial charge is 0.153 e. The van der Waals surface area contributed by atoms with Crippen LogP contribution in [0.2, 0.25) is 0 Å².